The molecule has 22 heavy (non-hydrogen) atoms. The molecule has 1 aromatic rings. The normalized spacial score (nSPS) is 18.8. The van der Waals surface area contributed by atoms with E-state index in [4.69, 9.17) is 5.11 Å². The maximum absolute atomic E-state index is 13.9. The van der Waals surface area contributed by atoms with Gasteiger partial charge in [-0.2, -0.15) is 0 Å². The highest BCUT2D eigenvalue weighted by molar-refractivity contribution is 5.21. The maximum atomic E-state index is 13.9. The van der Waals surface area contributed by atoms with Gasteiger partial charge in [0.25, 0.3) is 0 Å². The number of β-amino-alcohol motifs (C(OH)–C–C–N with tert-alkyl or cyclic N) is 1. The summed E-state index contributed by atoms with van der Waals surface area (Å²) in [5.41, 5.74) is 0.417. The van der Waals surface area contributed by atoms with Gasteiger partial charge in [-0.05, 0) is 64.0 Å². The molecule has 0 radical (unpaired) electrons. The SMILES string of the molecule is C[C@H](c1cc(F)ccc1F)N(C)CC1CCN(CCO)CC1. The van der Waals surface area contributed by atoms with Crippen molar-refractivity contribution in [2.45, 2.75) is 25.8 Å². The van der Waals surface area contributed by atoms with E-state index in [0.29, 0.717) is 11.5 Å². The minimum Gasteiger partial charge on any atom is -0.395 e. The van der Waals surface area contributed by atoms with Gasteiger partial charge >= 0.3 is 0 Å². The van der Waals surface area contributed by atoms with Crippen molar-refractivity contribution >= 4 is 0 Å². The molecule has 0 saturated carbocycles. The molecule has 1 fully saturated rings. The first-order chi connectivity index (χ1) is 10.5. The lowest BCUT2D eigenvalue weighted by atomic mass is 9.95. The highest BCUT2D eigenvalue weighted by Crippen LogP contribution is 2.26. The van der Waals surface area contributed by atoms with Crippen LogP contribution >= 0.6 is 0 Å². The molecule has 1 heterocycles. The molecule has 1 aliphatic rings. The lowest BCUT2D eigenvalue weighted by Crippen LogP contribution is -2.39. The number of rotatable bonds is 6. The number of benzene rings is 1. The molecular weight excluding hydrogens is 286 g/mol. The number of hydrogen-bond acceptors (Lipinski definition) is 3. The Kier molecular flexibility index (Phi) is 6.29. The average Bonchev–Trinajstić information content (AvgIpc) is 2.51. The average molecular weight is 312 g/mol. The molecule has 1 atom stereocenters. The van der Waals surface area contributed by atoms with E-state index in [-0.39, 0.29) is 18.5 Å². The van der Waals surface area contributed by atoms with Crippen LogP contribution in [0.1, 0.15) is 31.4 Å². The molecule has 1 saturated heterocycles. The molecule has 1 N–H and O–H groups in total. The second-order valence-corrected chi connectivity index (χ2v) is 6.29. The molecule has 0 bridgehead atoms. The van der Waals surface area contributed by atoms with Crippen molar-refractivity contribution in [3.63, 3.8) is 0 Å². The van der Waals surface area contributed by atoms with Crippen molar-refractivity contribution in [1.82, 2.24) is 9.80 Å². The first-order valence-electron chi connectivity index (χ1n) is 7.99. The summed E-state index contributed by atoms with van der Waals surface area (Å²) < 4.78 is 27.2. The zero-order valence-corrected chi connectivity index (χ0v) is 13.4. The second kappa shape index (κ2) is 7.99. The van der Waals surface area contributed by atoms with E-state index >= 15 is 0 Å². The summed E-state index contributed by atoms with van der Waals surface area (Å²) in [6.07, 6.45) is 2.17. The third-order valence-electron chi connectivity index (χ3n) is 4.74. The Morgan fingerprint density at radius 2 is 2.00 bits per heavy atom. The predicted octanol–water partition coefficient (Wildman–Crippen LogP) is 2.66. The van der Waals surface area contributed by atoms with Gasteiger partial charge in [0.2, 0.25) is 0 Å². The summed E-state index contributed by atoms with van der Waals surface area (Å²) in [6, 6.07) is 3.50. The lowest BCUT2D eigenvalue weighted by Gasteiger charge is -2.35. The van der Waals surface area contributed by atoms with E-state index in [2.05, 4.69) is 9.80 Å². The first-order valence-corrected chi connectivity index (χ1v) is 7.99. The highest BCUT2D eigenvalue weighted by Gasteiger charge is 2.23. The van der Waals surface area contributed by atoms with E-state index in [0.717, 1.165) is 45.1 Å². The fraction of sp³-hybridized carbons (Fsp3) is 0.647. The van der Waals surface area contributed by atoms with Gasteiger partial charge in [-0.15, -0.1) is 0 Å². The van der Waals surface area contributed by atoms with E-state index in [1.165, 1.54) is 12.1 Å². The third-order valence-corrected chi connectivity index (χ3v) is 4.74. The molecular formula is C17H26F2N2O. The Morgan fingerprint density at radius 3 is 2.64 bits per heavy atom. The van der Waals surface area contributed by atoms with Crippen molar-refractivity contribution in [3.8, 4) is 0 Å². The van der Waals surface area contributed by atoms with Gasteiger partial charge < -0.3 is 10.0 Å². The smallest absolute Gasteiger partial charge is 0.128 e. The van der Waals surface area contributed by atoms with Crippen molar-refractivity contribution in [2.75, 3.05) is 39.8 Å². The molecule has 1 aromatic carbocycles. The molecule has 0 amide bonds. The Labute approximate surface area is 131 Å². The Bertz CT molecular complexity index is 476. The van der Waals surface area contributed by atoms with Gasteiger partial charge in [-0.3, -0.25) is 4.90 Å². The number of hydrogen-bond donors (Lipinski definition) is 1. The lowest BCUT2D eigenvalue weighted by molar-refractivity contribution is 0.120. The van der Waals surface area contributed by atoms with Crippen LogP contribution in [0.4, 0.5) is 8.78 Å². The fourth-order valence-corrected chi connectivity index (χ4v) is 3.17. The number of piperidine rings is 1. The third kappa shape index (κ3) is 4.48. The van der Waals surface area contributed by atoms with Crippen LogP contribution in [0.25, 0.3) is 0 Å². The molecule has 124 valence electrons. The number of aliphatic hydroxyl groups excluding tert-OH is 1. The van der Waals surface area contributed by atoms with Gasteiger partial charge in [0.1, 0.15) is 11.6 Å². The molecule has 0 unspecified atom stereocenters. The van der Waals surface area contributed by atoms with Crippen molar-refractivity contribution in [1.29, 1.82) is 0 Å². The van der Waals surface area contributed by atoms with Crippen LogP contribution in [-0.2, 0) is 0 Å². The predicted molar refractivity (Wildman–Crippen MR) is 83.7 cm³/mol. The van der Waals surface area contributed by atoms with E-state index in [9.17, 15) is 8.78 Å². The van der Waals surface area contributed by atoms with Crippen molar-refractivity contribution in [3.05, 3.63) is 35.4 Å². The zero-order valence-electron chi connectivity index (χ0n) is 13.4. The first kappa shape index (κ1) is 17.3. The molecule has 3 nitrogen and oxygen atoms in total. The number of likely N-dealkylation sites (tertiary alicyclic amines) is 1. The number of aliphatic hydroxyl groups is 1. The molecule has 1 aliphatic heterocycles. The monoisotopic (exact) mass is 312 g/mol. The Morgan fingerprint density at radius 1 is 1.32 bits per heavy atom. The van der Waals surface area contributed by atoms with Gasteiger partial charge in [0.05, 0.1) is 6.61 Å². The molecule has 5 heteroatoms. The van der Waals surface area contributed by atoms with E-state index < -0.39 is 5.82 Å². The van der Waals surface area contributed by atoms with E-state index in [1.807, 2.05) is 14.0 Å². The number of nitrogens with zero attached hydrogens (tertiary/aromatic N) is 2. The maximum Gasteiger partial charge on any atom is 0.128 e. The minimum atomic E-state index is -0.394. The minimum absolute atomic E-state index is 0.147. The van der Waals surface area contributed by atoms with Gasteiger partial charge in [-0.1, -0.05) is 0 Å². The Balaban J connectivity index is 1.89. The van der Waals surface area contributed by atoms with Gasteiger partial charge in [0, 0.05) is 24.7 Å². The van der Waals surface area contributed by atoms with Gasteiger partial charge in [0.15, 0.2) is 0 Å². The highest BCUT2D eigenvalue weighted by atomic mass is 19.1. The van der Waals surface area contributed by atoms with Crippen LogP contribution in [0.3, 0.4) is 0 Å². The van der Waals surface area contributed by atoms with Crippen molar-refractivity contribution < 1.29 is 13.9 Å². The van der Waals surface area contributed by atoms with Crippen LogP contribution < -0.4 is 0 Å². The van der Waals surface area contributed by atoms with E-state index in [1.54, 1.807) is 0 Å². The second-order valence-electron chi connectivity index (χ2n) is 6.29. The topological polar surface area (TPSA) is 26.7 Å². The summed E-state index contributed by atoms with van der Waals surface area (Å²) in [5, 5.41) is 8.96. The standard InChI is InChI=1S/C17H26F2N2O/c1-13(16-11-15(18)3-4-17(16)19)20(2)12-14-5-7-21(8-6-14)9-10-22/h3-4,11,13-14,22H,5-10,12H2,1-2H3/t13-/m1/s1. The quantitative estimate of drug-likeness (QED) is 0.875. The van der Waals surface area contributed by atoms with Gasteiger partial charge in [-0.25, -0.2) is 8.78 Å². The molecule has 0 spiro atoms. The molecule has 2 rings (SSSR count). The summed E-state index contributed by atoms with van der Waals surface area (Å²) in [4.78, 5) is 4.37. The van der Waals surface area contributed by atoms with Crippen LogP contribution in [-0.4, -0.2) is 54.7 Å². The number of halogens is 2. The summed E-state index contributed by atoms with van der Waals surface area (Å²) in [7, 11) is 1.97. The van der Waals surface area contributed by atoms with Crippen LogP contribution in [0, 0.1) is 17.6 Å². The molecule has 0 aromatic heterocycles. The van der Waals surface area contributed by atoms with Crippen LogP contribution in [0.15, 0.2) is 18.2 Å². The summed E-state index contributed by atoms with van der Waals surface area (Å²) >= 11 is 0. The zero-order chi connectivity index (χ0) is 16.1. The van der Waals surface area contributed by atoms with Crippen LogP contribution in [0.5, 0.6) is 0 Å². The fourth-order valence-electron chi connectivity index (χ4n) is 3.17. The van der Waals surface area contributed by atoms with Crippen LogP contribution in [0.2, 0.25) is 0 Å². The van der Waals surface area contributed by atoms with Crippen molar-refractivity contribution in [2.24, 2.45) is 5.92 Å². The molecule has 0 aliphatic carbocycles. The Hall–Kier alpha value is -1.04. The summed E-state index contributed by atoms with van der Waals surface area (Å²) in [6.45, 7) is 5.75. The largest absolute Gasteiger partial charge is 0.395 e. The summed E-state index contributed by atoms with van der Waals surface area (Å²) in [5.74, 6) is -0.175.